The first kappa shape index (κ1) is 21.1. The number of pyridine rings is 2. The second-order valence-electron chi connectivity index (χ2n) is 9.10. The Labute approximate surface area is 199 Å². The molecule has 2 fully saturated rings. The zero-order chi connectivity index (χ0) is 22.7. The first-order valence-corrected chi connectivity index (χ1v) is 12.2. The van der Waals surface area contributed by atoms with E-state index >= 15 is 0 Å². The summed E-state index contributed by atoms with van der Waals surface area (Å²) in [4.78, 5) is 16.3. The van der Waals surface area contributed by atoms with Gasteiger partial charge < -0.3 is 18.9 Å². The van der Waals surface area contributed by atoms with E-state index in [-0.39, 0.29) is 6.10 Å². The van der Waals surface area contributed by atoms with E-state index < -0.39 is 0 Å². The van der Waals surface area contributed by atoms with Crippen LogP contribution in [0, 0.1) is 0 Å². The predicted molar refractivity (Wildman–Crippen MR) is 132 cm³/mol. The summed E-state index contributed by atoms with van der Waals surface area (Å²) in [5, 5.41) is 0.968. The van der Waals surface area contributed by atoms with Crippen LogP contribution in [-0.4, -0.2) is 51.9 Å². The normalized spacial score (nSPS) is 21.0. The molecule has 1 aromatic carbocycles. The maximum absolute atomic E-state index is 6.62. The molecule has 34 heavy (non-hydrogen) atoms. The average molecular weight is 456 g/mol. The Balaban J connectivity index is 1.31. The number of aromatic nitrogens is 4. The number of nitrogens with zero attached hydrogens (tertiary/aromatic N) is 5. The van der Waals surface area contributed by atoms with E-state index in [9.17, 15) is 0 Å². The zero-order valence-corrected chi connectivity index (χ0v) is 19.2. The molecule has 3 aromatic heterocycles. The number of imidazole rings is 1. The third-order valence-electron chi connectivity index (χ3n) is 6.94. The Morgan fingerprint density at radius 2 is 1.76 bits per heavy atom. The van der Waals surface area contributed by atoms with Crippen molar-refractivity contribution in [2.75, 3.05) is 31.2 Å². The Morgan fingerprint density at radius 3 is 2.53 bits per heavy atom. The number of rotatable bonds is 5. The number of anilines is 1. The molecule has 4 heterocycles. The highest BCUT2D eigenvalue weighted by Crippen LogP contribution is 2.35. The average Bonchev–Trinajstić information content (AvgIpc) is 3.45. The van der Waals surface area contributed by atoms with E-state index in [0.29, 0.717) is 25.1 Å². The van der Waals surface area contributed by atoms with Crippen LogP contribution in [0.5, 0.6) is 5.88 Å². The Kier molecular flexibility index (Phi) is 5.85. The van der Waals surface area contributed by atoms with Crippen molar-refractivity contribution >= 4 is 16.7 Å². The van der Waals surface area contributed by atoms with Crippen molar-refractivity contribution in [3.8, 4) is 17.0 Å². The van der Waals surface area contributed by atoms with E-state index in [0.717, 1.165) is 66.6 Å². The van der Waals surface area contributed by atoms with Gasteiger partial charge in [-0.1, -0.05) is 30.3 Å². The molecule has 0 N–H and O–H groups in total. The van der Waals surface area contributed by atoms with Gasteiger partial charge in [-0.05, 0) is 37.3 Å². The minimum Gasteiger partial charge on any atom is -0.474 e. The molecule has 6 rings (SSSR count). The van der Waals surface area contributed by atoms with E-state index in [1.165, 1.54) is 0 Å². The summed E-state index contributed by atoms with van der Waals surface area (Å²) in [6.45, 7) is 3.09. The molecule has 0 spiro atoms. The summed E-state index contributed by atoms with van der Waals surface area (Å²) in [5.41, 5.74) is 3.13. The third kappa shape index (κ3) is 4.35. The van der Waals surface area contributed by atoms with Crippen LogP contribution in [-0.2, 0) is 4.74 Å². The Hall–Kier alpha value is -3.45. The molecule has 0 bridgehead atoms. The fraction of sp³-hybridized carbons (Fsp3) is 0.370. The lowest BCUT2D eigenvalue weighted by Crippen LogP contribution is -2.36. The molecular formula is C27H29N5O2. The molecule has 1 saturated carbocycles. The summed E-state index contributed by atoms with van der Waals surface area (Å²) < 4.78 is 14.4. The van der Waals surface area contributed by atoms with E-state index in [4.69, 9.17) is 19.4 Å². The van der Waals surface area contributed by atoms with E-state index in [1.54, 1.807) is 0 Å². The molecule has 7 nitrogen and oxygen atoms in total. The Bertz CT molecular complexity index is 1230. The lowest BCUT2D eigenvalue weighted by Gasteiger charge is -2.31. The lowest BCUT2D eigenvalue weighted by molar-refractivity contribution is 0.121. The van der Waals surface area contributed by atoms with Crippen LogP contribution in [0.2, 0.25) is 0 Å². The summed E-state index contributed by atoms with van der Waals surface area (Å²) in [7, 11) is 0. The standard InChI is InChI=1S/C27H29N5O2/c1-2-4-20(5-3-1)21-16-24-25(29-18-21)17-26(31-12-14-33-15-13-31)30-27(24)34-23-8-6-22(7-9-23)32-11-10-28-19-32/h1-5,10-11,16-19,22-23H,6-9,12-15H2. The van der Waals surface area contributed by atoms with E-state index in [1.807, 2.05) is 24.8 Å². The first-order valence-electron chi connectivity index (χ1n) is 12.2. The van der Waals surface area contributed by atoms with E-state index in [2.05, 4.69) is 57.0 Å². The van der Waals surface area contributed by atoms with Crippen LogP contribution in [0.4, 0.5) is 5.82 Å². The van der Waals surface area contributed by atoms with Gasteiger partial charge in [-0.25, -0.2) is 4.98 Å². The quantitative estimate of drug-likeness (QED) is 0.427. The molecule has 1 aliphatic carbocycles. The minimum absolute atomic E-state index is 0.149. The van der Waals surface area contributed by atoms with Crippen LogP contribution in [0.1, 0.15) is 31.7 Å². The number of benzene rings is 1. The number of hydrogen-bond donors (Lipinski definition) is 0. The number of hydrogen-bond acceptors (Lipinski definition) is 6. The lowest BCUT2D eigenvalue weighted by atomic mass is 9.93. The van der Waals surface area contributed by atoms with Crippen molar-refractivity contribution in [2.24, 2.45) is 0 Å². The van der Waals surface area contributed by atoms with Crippen molar-refractivity contribution in [3.63, 3.8) is 0 Å². The van der Waals surface area contributed by atoms with Gasteiger partial charge in [0.1, 0.15) is 11.9 Å². The fourth-order valence-electron chi connectivity index (χ4n) is 5.02. The van der Waals surface area contributed by atoms with Gasteiger partial charge in [-0.3, -0.25) is 4.98 Å². The van der Waals surface area contributed by atoms with Crippen molar-refractivity contribution in [1.29, 1.82) is 0 Å². The van der Waals surface area contributed by atoms with Gasteiger partial charge in [0, 0.05) is 49.4 Å². The smallest absolute Gasteiger partial charge is 0.225 e. The Morgan fingerprint density at radius 1 is 0.941 bits per heavy atom. The predicted octanol–water partition coefficient (Wildman–Crippen LogP) is 4.89. The third-order valence-corrected chi connectivity index (χ3v) is 6.94. The van der Waals surface area contributed by atoms with Gasteiger partial charge in [-0.15, -0.1) is 0 Å². The fourth-order valence-corrected chi connectivity index (χ4v) is 5.02. The van der Waals surface area contributed by atoms with Crippen LogP contribution >= 0.6 is 0 Å². The van der Waals surface area contributed by atoms with Gasteiger partial charge in [0.15, 0.2) is 0 Å². The van der Waals surface area contributed by atoms with Gasteiger partial charge in [0.05, 0.1) is 30.4 Å². The molecular weight excluding hydrogens is 426 g/mol. The highest BCUT2D eigenvalue weighted by molar-refractivity contribution is 5.89. The molecule has 1 saturated heterocycles. The van der Waals surface area contributed by atoms with Crippen molar-refractivity contribution in [3.05, 3.63) is 67.4 Å². The van der Waals surface area contributed by atoms with Crippen LogP contribution < -0.4 is 9.64 Å². The molecule has 174 valence electrons. The summed E-state index contributed by atoms with van der Waals surface area (Å²) >= 11 is 0. The molecule has 7 heteroatoms. The second-order valence-corrected chi connectivity index (χ2v) is 9.10. The summed E-state index contributed by atoms with van der Waals surface area (Å²) in [6.07, 6.45) is 12.1. The van der Waals surface area contributed by atoms with Crippen molar-refractivity contribution in [2.45, 2.75) is 37.8 Å². The SMILES string of the molecule is c1ccc(-c2cnc3cc(N4CCOCC4)nc(OC4CCC(n5ccnc5)CC4)c3c2)cc1. The minimum atomic E-state index is 0.149. The van der Waals surface area contributed by atoms with Gasteiger partial charge in [-0.2, -0.15) is 4.98 Å². The van der Waals surface area contributed by atoms with Crippen LogP contribution in [0.3, 0.4) is 0 Å². The molecule has 1 aliphatic heterocycles. The molecule has 0 unspecified atom stereocenters. The number of ether oxygens (including phenoxy) is 2. The molecule has 0 radical (unpaired) electrons. The maximum Gasteiger partial charge on any atom is 0.225 e. The second kappa shape index (κ2) is 9.43. The number of fused-ring (bicyclic) bond motifs is 1. The highest BCUT2D eigenvalue weighted by Gasteiger charge is 2.25. The zero-order valence-electron chi connectivity index (χ0n) is 19.2. The highest BCUT2D eigenvalue weighted by atomic mass is 16.5. The maximum atomic E-state index is 6.62. The van der Waals surface area contributed by atoms with Crippen molar-refractivity contribution in [1.82, 2.24) is 19.5 Å². The molecule has 0 atom stereocenters. The molecule has 2 aliphatic rings. The summed E-state index contributed by atoms with van der Waals surface area (Å²) in [6, 6.07) is 15.1. The topological polar surface area (TPSA) is 65.3 Å². The van der Waals surface area contributed by atoms with Gasteiger partial charge in [0.25, 0.3) is 0 Å². The summed E-state index contributed by atoms with van der Waals surface area (Å²) in [5.74, 6) is 1.60. The van der Waals surface area contributed by atoms with Gasteiger partial charge in [0.2, 0.25) is 5.88 Å². The van der Waals surface area contributed by atoms with Crippen LogP contribution in [0.25, 0.3) is 22.0 Å². The largest absolute Gasteiger partial charge is 0.474 e. The van der Waals surface area contributed by atoms with Crippen LogP contribution in [0.15, 0.2) is 67.4 Å². The van der Waals surface area contributed by atoms with Crippen molar-refractivity contribution < 1.29 is 9.47 Å². The molecule has 0 amide bonds. The molecule has 4 aromatic rings. The van der Waals surface area contributed by atoms with Gasteiger partial charge >= 0.3 is 0 Å². The monoisotopic (exact) mass is 455 g/mol. The number of morpholine rings is 1. The first-order chi connectivity index (χ1) is 16.8.